The number of hydrogen-bond donors (Lipinski definition) is 1. The van der Waals surface area contributed by atoms with Crippen LogP contribution in [0.3, 0.4) is 0 Å². The molecule has 0 fully saturated rings. The van der Waals surface area contributed by atoms with E-state index < -0.39 is 55.1 Å². The van der Waals surface area contributed by atoms with E-state index in [1.54, 1.807) is 11.9 Å². The highest BCUT2D eigenvalue weighted by Crippen LogP contribution is 2.31. The highest BCUT2D eigenvalue weighted by Gasteiger charge is 2.32. The molecule has 0 saturated carbocycles. The van der Waals surface area contributed by atoms with E-state index >= 15 is 0 Å². The van der Waals surface area contributed by atoms with Crippen LogP contribution in [-0.4, -0.2) is 64.5 Å². The van der Waals surface area contributed by atoms with Gasteiger partial charge < -0.3 is 15.0 Å². The molecule has 0 radical (unpaired) electrons. The van der Waals surface area contributed by atoms with Crippen molar-refractivity contribution in [3.63, 3.8) is 0 Å². The molecule has 16 heteroatoms. The largest absolute Gasteiger partial charge is 0.467 e. The molecule has 1 unspecified atom stereocenters. The number of nitrogens with one attached hydrogen (secondary N) is 1. The summed E-state index contributed by atoms with van der Waals surface area (Å²) in [7, 11) is 1.59. The standard InChI is InChI=1S/C26H26ClF6N5O4/c1-36(11-12-42-16-39)14-21(18-3-2-4-19(13-18)26(31,32)33)34-22(40)15-38-24(41)37(10-9-25(28,29)30)23(35-38)17-5-7-20(27)8-6-17/h2-8,13,16,21H,9-12,14-15H2,1H3,(H,34,40). The highest BCUT2D eigenvalue weighted by atomic mass is 35.5. The molecule has 3 rings (SSSR count). The molecule has 9 nitrogen and oxygen atoms in total. The van der Waals surface area contributed by atoms with Gasteiger partial charge in [0.25, 0.3) is 6.47 Å². The molecule has 0 bridgehead atoms. The maximum Gasteiger partial charge on any atom is 0.416 e. The average molecular weight is 622 g/mol. The number of aromatic nitrogens is 3. The van der Waals surface area contributed by atoms with Gasteiger partial charge in [-0.25, -0.2) is 9.48 Å². The van der Waals surface area contributed by atoms with Gasteiger partial charge in [-0.3, -0.25) is 14.2 Å². The summed E-state index contributed by atoms with van der Waals surface area (Å²) in [6.45, 7) is -1.09. The molecular weight excluding hydrogens is 596 g/mol. The van der Waals surface area contributed by atoms with Crippen LogP contribution in [0.2, 0.25) is 5.02 Å². The lowest BCUT2D eigenvalue weighted by atomic mass is 10.0. The first-order valence-corrected chi connectivity index (χ1v) is 12.8. The summed E-state index contributed by atoms with van der Waals surface area (Å²) in [4.78, 5) is 38.1. The molecule has 0 aliphatic rings. The number of nitrogens with zero attached hydrogens (tertiary/aromatic N) is 4. The SMILES string of the molecule is CN(CCOC=O)CC(NC(=O)Cn1nc(-c2ccc(Cl)cc2)n(CCC(F)(F)F)c1=O)c1cccc(C(F)(F)F)c1. The molecule has 1 aromatic heterocycles. The van der Waals surface area contributed by atoms with Gasteiger partial charge in [0.2, 0.25) is 5.91 Å². The van der Waals surface area contributed by atoms with Crippen LogP contribution >= 0.6 is 11.6 Å². The summed E-state index contributed by atoms with van der Waals surface area (Å²) in [5, 5.41) is 6.99. The molecule has 1 heterocycles. The van der Waals surface area contributed by atoms with E-state index in [-0.39, 0.29) is 43.1 Å². The Hall–Kier alpha value is -3.85. The van der Waals surface area contributed by atoms with Crippen molar-refractivity contribution < 1.29 is 40.7 Å². The number of rotatable bonds is 13. The van der Waals surface area contributed by atoms with E-state index in [4.69, 9.17) is 11.6 Å². The molecule has 2 aromatic carbocycles. The van der Waals surface area contributed by atoms with Crippen LogP contribution in [0.25, 0.3) is 11.4 Å². The molecule has 3 aromatic rings. The predicted molar refractivity (Wildman–Crippen MR) is 139 cm³/mol. The van der Waals surface area contributed by atoms with Crippen molar-refractivity contribution in [2.24, 2.45) is 0 Å². The fraction of sp³-hybridized carbons (Fsp3) is 0.385. The van der Waals surface area contributed by atoms with Gasteiger partial charge in [0, 0.05) is 30.2 Å². The van der Waals surface area contributed by atoms with E-state index in [0.717, 1.165) is 16.7 Å². The fourth-order valence-corrected chi connectivity index (χ4v) is 4.12. The van der Waals surface area contributed by atoms with Gasteiger partial charge in [-0.05, 0) is 49.0 Å². The van der Waals surface area contributed by atoms with Crippen LogP contribution in [0.4, 0.5) is 26.3 Å². The third kappa shape index (κ3) is 9.34. The Morgan fingerprint density at radius 2 is 1.83 bits per heavy atom. The van der Waals surface area contributed by atoms with Gasteiger partial charge >= 0.3 is 18.0 Å². The molecule has 42 heavy (non-hydrogen) atoms. The lowest BCUT2D eigenvalue weighted by Crippen LogP contribution is -2.40. The lowest BCUT2D eigenvalue weighted by molar-refractivity contribution is -0.138. The zero-order valence-electron chi connectivity index (χ0n) is 22.1. The minimum atomic E-state index is -4.65. The van der Waals surface area contributed by atoms with Crippen molar-refractivity contribution in [1.82, 2.24) is 24.6 Å². The van der Waals surface area contributed by atoms with Crippen molar-refractivity contribution in [2.75, 3.05) is 26.7 Å². The fourth-order valence-electron chi connectivity index (χ4n) is 4.00. The van der Waals surface area contributed by atoms with Gasteiger partial charge in [0.1, 0.15) is 13.2 Å². The second-order valence-electron chi connectivity index (χ2n) is 9.26. The number of amides is 1. The molecule has 1 atom stereocenters. The van der Waals surface area contributed by atoms with Crippen molar-refractivity contribution in [1.29, 1.82) is 0 Å². The van der Waals surface area contributed by atoms with Gasteiger partial charge in [-0.1, -0.05) is 23.7 Å². The molecule has 228 valence electrons. The lowest BCUT2D eigenvalue weighted by Gasteiger charge is -2.25. The minimum absolute atomic E-state index is 0.0124. The first-order chi connectivity index (χ1) is 19.7. The van der Waals surface area contributed by atoms with Crippen molar-refractivity contribution in [3.05, 3.63) is 75.2 Å². The van der Waals surface area contributed by atoms with Gasteiger partial charge in [0.15, 0.2) is 5.82 Å². The van der Waals surface area contributed by atoms with E-state index in [0.29, 0.717) is 9.70 Å². The summed E-state index contributed by atoms with van der Waals surface area (Å²) in [5.41, 5.74) is -1.55. The summed E-state index contributed by atoms with van der Waals surface area (Å²) in [5.74, 6) is -0.960. The van der Waals surface area contributed by atoms with Crippen LogP contribution in [0.1, 0.15) is 23.6 Å². The number of benzene rings is 2. The molecule has 0 saturated heterocycles. The Morgan fingerprint density at radius 1 is 1.14 bits per heavy atom. The molecule has 1 amide bonds. The summed E-state index contributed by atoms with van der Waals surface area (Å²) in [6, 6.07) is 9.10. The Balaban J connectivity index is 1.90. The molecule has 0 aliphatic carbocycles. The van der Waals surface area contributed by atoms with E-state index in [1.807, 2.05) is 0 Å². The van der Waals surface area contributed by atoms with Gasteiger partial charge in [0.05, 0.1) is 18.0 Å². The number of carbonyl (C=O) groups is 2. The molecule has 0 spiro atoms. The van der Waals surface area contributed by atoms with E-state index in [1.165, 1.54) is 36.4 Å². The van der Waals surface area contributed by atoms with Crippen molar-refractivity contribution in [3.8, 4) is 11.4 Å². The third-order valence-corrected chi connectivity index (χ3v) is 6.29. The summed E-state index contributed by atoms with van der Waals surface area (Å²) < 4.78 is 85.1. The van der Waals surface area contributed by atoms with Crippen molar-refractivity contribution >= 4 is 24.0 Å². The first-order valence-electron chi connectivity index (χ1n) is 12.4. The second kappa shape index (κ2) is 13.9. The molecule has 0 aliphatic heterocycles. The minimum Gasteiger partial charge on any atom is -0.467 e. The normalized spacial score (nSPS) is 12.8. The maximum atomic E-state index is 13.4. The smallest absolute Gasteiger partial charge is 0.416 e. The van der Waals surface area contributed by atoms with Crippen LogP contribution < -0.4 is 11.0 Å². The summed E-state index contributed by atoms with van der Waals surface area (Å²) >= 11 is 5.89. The highest BCUT2D eigenvalue weighted by molar-refractivity contribution is 6.30. The van der Waals surface area contributed by atoms with E-state index in [9.17, 15) is 40.7 Å². The number of alkyl halides is 6. The number of carbonyl (C=O) groups excluding carboxylic acids is 2. The Labute approximate surface area is 240 Å². The Kier molecular flexibility index (Phi) is 10.8. The molecular formula is C26H26ClF6N5O4. The number of hydrogen-bond acceptors (Lipinski definition) is 6. The van der Waals surface area contributed by atoms with Crippen molar-refractivity contribution in [2.45, 2.75) is 37.9 Å². The van der Waals surface area contributed by atoms with Gasteiger partial charge in [-0.2, -0.15) is 26.3 Å². The molecule has 1 N–H and O–H groups in total. The third-order valence-electron chi connectivity index (χ3n) is 6.04. The zero-order chi connectivity index (χ0) is 31.1. The van der Waals surface area contributed by atoms with E-state index in [2.05, 4.69) is 15.2 Å². The quantitative estimate of drug-likeness (QED) is 0.174. The average Bonchev–Trinajstić information content (AvgIpc) is 3.21. The zero-order valence-corrected chi connectivity index (χ0v) is 22.8. The Bertz CT molecular complexity index is 1420. The number of likely N-dealkylation sites (N-methyl/N-ethyl adjacent to an activating group) is 1. The Morgan fingerprint density at radius 3 is 2.45 bits per heavy atom. The van der Waals surface area contributed by atoms with Crippen LogP contribution in [0.15, 0.2) is 53.3 Å². The maximum absolute atomic E-state index is 13.4. The van der Waals surface area contributed by atoms with Crippen LogP contribution in [0.5, 0.6) is 0 Å². The first kappa shape index (κ1) is 32.7. The number of ether oxygens (including phenoxy) is 1. The second-order valence-corrected chi connectivity index (χ2v) is 9.70. The van der Waals surface area contributed by atoms with Crippen LogP contribution in [0, 0.1) is 0 Å². The topological polar surface area (TPSA) is 98.5 Å². The predicted octanol–water partition coefficient (Wildman–Crippen LogP) is 4.30. The van der Waals surface area contributed by atoms with Crippen LogP contribution in [-0.2, 0) is 33.6 Å². The summed E-state index contributed by atoms with van der Waals surface area (Å²) in [6.07, 6.45) is -10.6. The van der Waals surface area contributed by atoms with Gasteiger partial charge in [-0.15, -0.1) is 5.10 Å². The number of halogens is 7. The monoisotopic (exact) mass is 621 g/mol.